The van der Waals surface area contributed by atoms with Gasteiger partial charge in [-0.05, 0) is 93.7 Å². The molecule has 0 spiro atoms. The number of benzene rings is 1. The van der Waals surface area contributed by atoms with Crippen LogP contribution in [-0.4, -0.2) is 29.5 Å². The van der Waals surface area contributed by atoms with Gasteiger partial charge in [-0.3, -0.25) is 0 Å². The molecule has 0 bridgehead atoms. The number of ether oxygens (including phenoxy) is 1. The maximum Gasteiger partial charge on any atom is 0.419 e. The van der Waals surface area contributed by atoms with Crippen LogP contribution in [-0.2, 0) is 6.18 Å². The van der Waals surface area contributed by atoms with Gasteiger partial charge in [0.05, 0.1) is 11.6 Å². The molecule has 0 saturated carbocycles. The van der Waals surface area contributed by atoms with Gasteiger partial charge in [-0.15, -0.1) is 10.2 Å². The molecule has 31 heavy (non-hydrogen) atoms. The number of alkyl halides is 3. The first-order chi connectivity index (χ1) is 14.3. The van der Waals surface area contributed by atoms with Crippen LogP contribution < -0.4 is 4.74 Å². The predicted octanol–water partition coefficient (Wildman–Crippen LogP) is 6.96. The maximum absolute atomic E-state index is 13.2. The number of aromatic nitrogens is 6. The highest BCUT2D eigenvalue weighted by Gasteiger charge is 2.34. The lowest BCUT2D eigenvalue weighted by atomic mass is 10.2. The van der Waals surface area contributed by atoms with Crippen LogP contribution in [0.4, 0.5) is 17.6 Å². The number of hydrogen-bond acceptors (Lipinski definition) is 5. The molecule has 0 amide bonds. The number of nitrogens with zero attached hydrogens (tertiary/aromatic N) is 6. The van der Waals surface area contributed by atoms with Crippen molar-refractivity contribution in [3.8, 4) is 11.8 Å². The summed E-state index contributed by atoms with van der Waals surface area (Å²) in [5, 5.41) is 8.08. The van der Waals surface area contributed by atoms with Gasteiger partial charge in [-0.1, -0.05) is 0 Å². The molecular formula is C17H17Br3F4N6O. The highest BCUT2D eigenvalue weighted by molar-refractivity contribution is 9.11. The van der Waals surface area contributed by atoms with E-state index in [0.29, 0.717) is 22.9 Å². The van der Waals surface area contributed by atoms with Crippen molar-refractivity contribution in [1.29, 1.82) is 0 Å². The summed E-state index contributed by atoms with van der Waals surface area (Å²) in [6.45, 7) is 7.71. The summed E-state index contributed by atoms with van der Waals surface area (Å²) in [5.41, 5.74) is -1.39. The molecule has 1 aromatic carbocycles. The van der Waals surface area contributed by atoms with Crippen LogP contribution in [0, 0.1) is 5.82 Å². The lowest BCUT2D eigenvalue weighted by Crippen LogP contribution is -2.09. The minimum atomic E-state index is -4.80. The molecule has 2 heterocycles. The zero-order valence-corrected chi connectivity index (χ0v) is 21.4. The van der Waals surface area contributed by atoms with Crippen molar-refractivity contribution >= 4 is 47.8 Å². The third kappa shape index (κ3) is 6.97. The second-order valence-corrected chi connectivity index (χ2v) is 8.76. The Labute approximate surface area is 200 Å². The molecule has 0 atom stereocenters. The van der Waals surface area contributed by atoms with Gasteiger partial charge in [0.15, 0.2) is 4.73 Å². The van der Waals surface area contributed by atoms with Gasteiger partial charge in [-0.2, -0.15) is 23.1 Å². The molecule has 7 nitrogen and oxygen atoms in total. The highest BCUT2D eigenvalue weighted by Crippen LogP contribution is 2.35. The van der Waals surface area contributed by atoms with Crippen molar-refractivity contribution in [2.75, 3.05) is 0 Å². The van der Waals surface area contributed by atoms with Gasteiger partial charge in [-0.25, -0.2) is 13.8 Å². The number of rotatable bonds is 4. The fraction of sp³-hybridized carbons (Fsp3) is 0.412. The Bertz CT molecular complexity index is 1040. The van der Waals surface area contributed by atoms with Crippen molar-refractivity contribution in [3.63, 3.8) is 0 Å². The normalized spacial score (nSPS) is 11.6. The first-order valence-corrected chi connectivity index (χ1v) is 11.1. The Hall–Kier alpha value is -1.54. The van der Waals surface area contributed by atoms with E-state index in [4.69, 9.17) is 4.74 Å². The van der Waals surface area contributed by atoms with Gasteiger partial charge in [0.1, 0.15) is 11.6 Å². The summed E-state index contributed by atoms with van der Waals surface area (Å²) in [5.74, 6) is -1.54. The summed E-state index contributed by atoms with van der Waals surface area (Å²) in [7, 11) is 0. The monoisotopic (exact) mass is 634 g/mol. The van der Waals surface area contributed by atoms with E-state index in [2.05, 4.69) is 68.0 Å². The molecule has 0 aliphatic carbocycles. The quantitative estimate of drug-likeness (QED) is 0.290. The van der Waals surface area contributed by atoms with E-state index >= 15 is 0 Å². The lowest BCUT2D eigenvalue weighted by Gasteiger charge is -2.12. The molecule has 0 unspecified atom stereocenters. The molecule has 0 aliphatic rings. The van der Waals surface area contributed by atoms with E-state index in [9.17, 15) is 17.6 Å². The minimum absolute atomic E-state index is 0.0107. The van der Waals surface area contributed by atoms with E-state index < -0.39 is 17.6 Å². The van der Waals surface area contributed by atoms with Crippen LogP contribution in [0.25, 0.3) is 0 Å². The third-order valence-corrected chi connectivity index (χ3v) is 4.78. The van der Waals surface area contributed by atoms with Crippen molar-refractivity contribution in [1.82, 2.24) is 29.5 Å². The summed E-state index contributed by atoms with van der Waals surface area (Å²) in [6.07, 6.45) is -4.80. The van der Waals surface area contributed by atoms with Crippen LogP contribution in [0.1, 0.15) is 45.3 Å². The molecular weight excluding hydrogens is 620 g/mol. The van der Waals surface area contributed by atoms with Crippen LogP contribution in [0.2, 0.25) is 0 Å². The first-order valence-electron chi connectivity index (χ1n) is 8.73. The SMILES string of the molecule is CC(C)n1nc(Br)nc1Br.CC(C)n1nc(Br)nc1Oc1ccc(F)c(C(F)(F)F)c1. The summed E-state index contributed by atoms with van der Waals surface area (Å²) < 4.78 is 61.2. The number of halogens is 7. The third-order valence-electron chi connectivity index (χ3n) is 3.57. The van der Waals surface area contributed by atoms with Crippen molar-refractivity contribution in [2.24, 2.45) is 0 Å². The van der Waals surface area contributed by atoms with E-state index in [-0.39, 0.29) is 22.5 Å². The molecule has 2 aromatic heterocycles. The molecule has 0 N–H and O–H groups in total. The standard InChI is InChI=1S/C12H10BrF4N3O.C5H7Br2N3/c1-6(2)20-11(18-10(13)19-20)21-7-3-4-9(14)8(5-7)12(15,16)17;1-3(2)10-5(7)8-4(6)9-10/h3-6H,1-2H3;3H,1-2H3. The van der Waals surface area contributed by atoms with Crippen LogP contribution in [0.5, 0.6) is 11.8 Å². The van der Waals surface area contributed by atoms with Crippen LogP contribution in [0.3, 0.4) is 0 Å². The second kappa shape index (κ2) is 10.4. The smallest absolute Gasteiger partial charge is 0.419 e. The molecule has 0 fully saturated rings. The van der Waals surface area contributed by atoms with E-state index in [1.807, 2.05) is 13.8 Å². The van der Waals surface area contributed by atoms with E-state index in [0.717, 1.165) is 10.8 Å². The largest absolute Gasteiger partial charge is 0.424 e. The van der Waals surface area contributed by atoms with E-state index in [1.54, 1.807) is 18.5 Å². The summed E-state index contributed by atoms with van der Waals surface area (Å²) >= 11 is 9.51. The Morgan fingerprint density at radius 3 is 1.90 bits per heavy atom. The van der Waals surface area contributed by atoms with Crippen molar-refractivity contribution in [3.05, 3.63) is 43.8 Å². The van der Waals surface area contributed by atoms with E-state index in [1.165, 1.54) is 4.68 Å². The maximum atomic E-state index is 13.2. The highest BCUT2D eigenvalue weighted by atomic mass is 79.9. The van der Waals surface area contributed by atoms with Gasteiger partial charge in [0.2, 0.25) is 9.47 Å². The average Bonchev–Trinajstić information content (AvgIpc) is 3.17. The van der Waals surface area contributed by atoms with Gasteiger partial charge in [0.25, 0.3) is 0 Å². The van der Waals surface area contributed by atoms with Gasteiger partial charge in [0, 0.05) is 6.04 Å². The molecule has 0 aliphatic heterocycles. The topological polar surface area (TPSA) is 70.7 Å². The molecule has 14 heteroatoms. The zero-order valence-electron chi connectivity index (χ0n) is 16.6. The summed E-state index contributed by atoms with van der Waals surface area (Å²) in [4.78, 5) is 7.93. The van der Waals surface area contributed by atoms with Crippen molar-refractivity contribution in [2.45, 2.75) is 46.0 Å². The van der Waals surface area contributed by atoms with Gasteiger partial charge >= 0.3 is 12.2 Å². The Kier molecular flexibility index (Phi) is 8.62. The molecule has 0 radical (unpaired) electrons. The Morgan fingerprint density at radius 2 is 1.45 bits per heavy atom. The first kappa shape index (κ1) is 25.7. The Morgan fingerprint density at radius 1 is 0.903 bits per heavy atom. The summed E-state index contributed by atoms with van der Waals surface area (Å²) in [6, 6.07) is 2.62. The van der Waals surface area contributed by atoms with Crippen LogP contribution >= 0.6 is 47.8 Å². The number of hydrogen-bond donors (Lipinski definition) is 0. The second-order valence-electron chi connectivity index (χ2n) is 6.63. The minimum Gasteiger partial charge on any atom is -0.424 e. The molecule has 0 saturated heterocycles. The van der Waals surface area contributed by atoms with Crippen LogP contribution in [0.15, 0.2) is 32.4 Å². The predicted molar refractivity (Wildman–Crippen MR) is 115 cm³/mol. The molecule has 3 rings (SSSR count). The molecule has 170 valence electrons. The zero-order chi connectivity index (χ0) is 23.5. The lowest BCUT2D eigenvalue weighted by molar-refractivity contribution is -0.140. The van der Waals surface area contributed by atoms with Gasteiger partial charge < -0.3 is 4.74 Å². The fourth-order valence-corrected chi connectivity index (χ4v) is 3.75. The van der Waals surface area contributed by atoms with Crippen molar-refractivity contribution < 1.29 is 22.3 Å². The average molecular weight is 637 g/mol. The Balaban J connectivity index is 0.000000285. The fourth-order valence-electron chi connectivity index (χ4n) is 2.19. The molecule has 3 aromatic rings.